The summed E-state index contributed by atoms with van der Waals surface area (Å²) >= 11 is 0. The SMILES string of the molecule is COCCNC(=O)c1ccc2c(c1)N(C)[C@@H](CC(=O)N1CCC(C)CC1)CO2. The predicted molar refractivity (Wildman–Crippen MR) is 108 cm³/mol. The molecule has 154 valence electrons. The van der Waals surface area contributed by atoms with Crippen molar-refractivity contribution >= 4 is 17.5 Å². The van der Waals surface area contributed by atoms with Gasteiger partial charge in [-0.05, 0) is 37.0 Å². The molecule has 1 aromatic carbocycles. The van der Waals surface area contributed by atoms with Gasteiger partial charge in [-0.15, -0.1) is 0 Å². The van der Waals surface area contributed by atoms with E-state index in [9.17, 15) is 9.59 Å². The fourth-order valence-electron chi connectivity index (χ4n) is 3.70. The average Bonchev–Trinajstić information content (AvgIpc) is 2.70. The zero-order valence-electron chi connectivity index (χ0n) is 17.1. The maximum absolute atomic E-state index is 12.7. The number of fused-ring (bicyclic) bond motifs is 1. The maximum atomic E-state index is 12.7. The quantitative estimate of drug-likeness (QED) is 0.753. The van der Waals surface area contributed by atoms with E-state index in [1.54, 1.807) is 13.2 Å². The van der Waals surface area contributed by atoms with E-state index in [0.29, 0.717) is 37.7 Å². The number of likely N-dealkylation sites (N-methyl/N-ethyl adjacent to an activating group) is 1. The molecule has 0 aromatic heterocycles. The number of ether oxygens (including phenoxy) is 2. The summed E-state index contributed by atoms with van der Waals surface area (Å²) in [4.78, 5) is 29.1. The third-order valence-electron chi connectivity index (χ3n) is 5.72. The predicted octanol–water partition coefficient (Wildman–Crippen LogP) is 1.91. The van der Waals surface area contributed by atoms with Crippen molar-refractivity contribution in [1.82, 2.24) is 10.2 Å². The Kier molecular flexibility index (Phi) is 6.78. The minimum atomic E-state index is -0.145. The highest BCUT2D eigenvalue weighted by Gasteiger charge is 2.30. The first-order valence-corrected chi connectivity index (χ1v) is 10.0. The zero-order chi connectivity index (χ0) is 20.1. The number of hydrogen-bond donors (Lipinski definition) is 1. The van der Waals surface area contributed by atoms with Crippen LogP contribution in [0.2, 0.25) is 0 Å². The van der Waals surface area contributed by atoms with Crippen molar-refractivity contribution in [2.75, 3.05) is 51.9 Å². The summed E-state index contributed by atoms with van der Waals surface area (Å²) in [5.41, 5.74) is 1.41. The van der Waals surface area contributed by atoms with Crippen molar-refractivity contribution in [3.63, 3.8) is 0 Å². The van der Waals surface area contributed by atoms with Gasteiger partial charge in [0.15, 0.2) is 0 Å². The molecule has 7 heteroatoms. The third kappa shape index (κ3) is 4.76. The molecule has 1 saturated heterocycles. The Labute approximate surface area is 167 Å². The molecule has 2 aliphatic rings. The van der Waals surface area contributed by atoms with Gasteiger partial charge in [-0.2, -0.15) is 0 Å². The lowest BCUT2D eigenvalue weighted by molar-refractivity contribution is -0.133. The van der Waals surface area contributed by atoms with Crippen molar-refractivity contribution in [3.8, 4) is 5.75 Å². The first-order chi connectivity index (χ1) is 13.5. The molecule has 1 aromatic rings. The van der Waals surface area contributed by atoms with E-state index >= 15 is 0 Å². The van der Waals surface area contributed by atoms with Gasteiger partial charge in [0.25, 0.3) is 5.91 Å². The Balaban J connectivity index is 1.64. The molecular weight excluding hydrogens is 358 g/mol. The van der Waals surface area contributed by atoms with E-state index < -0.39 is 0 Å². The van der Waals surface area contributed by atoms with Crippen molar-refractivity contribution in [2.24, 2.45) is 5.92 Å². The fourth-order valence-corrected chi connectivity index (χ4v) is 3.70. The summed E-state index contributed by atoms with van der Waals surface area (Å²) in [6.45, 7) is 5.34. The molecule has 1 fully saturated rings. The molecule has 7 nitrogen and oxygen atoms in total. The summed E-state index contributed by atoms with van der Waals surface area (Å²) in [6, 6.07) is 5.37. The zero-order valence-corrected chi connectivity index (χ0v) is 17.1. The van der Waals surface area contributed by atoms with Gasteiger partial charge >= 0.3 is 0 Å². The molecule has 1 atom stereocenters. The molecule has 0 radical (unpaired) electrons. The van der Waals surface area contributed by atoms with Gasteiger partial charge in [-0.3, -0.25) is 9.59 Å². The van der Waals surface area contributed by atoms with Gasteiger partial charge in [0, 0.05) is 39.4 Å². The number of carbonyl (C=O) groups excluding carboxylic acids is 2. The summed E-state index contributed by atoms with van der Waals surface area (Å²) in [5, 5.41) is 2.83. The Morgan fingerprint density at radius 2 is 2.04 bits per heavy atom. The molecule has 0 saturated carbocycles. The minimum Gasteiger partial charge on any atom is -0.489 e. The summed E-state index contributed by atoms with van der Waals surface area (Å²) in [5.74, 6) is 1.48. The Bertz CT molecular complexity index is 701. The van der Waals surface area contributed by atoms with Crippen LogP contribution in [0.15, 0.2) is 18.2 Å². The fraction of sp³-hybridized carbons (Fsp3) is 0.619. The van der Waals surface area contributed by atoms with E-state index in [2.05, 4.69) is 17.1 Å². The second-order valence-electron chi connectivity index (χ2n) is 7.77. The third-order valence-corrected chi connectivity index (χ3v) is 5.72. The van der Waals surface area contributed by atoms with E-state index in [-0.39, 0.29) is 17.9 Å². The molecular formula is C21H31N3O4. The van der Waals surface area contributed by atoms with E-state index in [1.165, 1.54) is 0 Å². The number of benzene rings is 1. The molecule has 2 heterocycles. The van der Waals surface area contributed by atoms with Crippen LogP contribution in [0.1, 0.15) is 36.5 Å². The van der Waals surface area contributed by atoms with Crippen molar-refractivity contribution in [2.45, 2.75) is 32.2 Å². The standard InChI is InChI=1S/C21H31N3O4/c1-15-6-9-24(10-7-15)20(25)13-17-14-28-19-5-4-16(12-18(19)23(17)2)21(26)22-8-11-27-3/h4-5,12,15,17H,6-11,13-14H2,1-3H3,(H,22,26)/t17-/m0/s1. The number of piperidine rings is 1. The number of carbonyl (C=O) groups is 2. The van der Waals surface area contributed by atoms with Gasteiger partial charge < -0.3 is 24.6 Å². The smallest absolute Gasteiger partial charge is 0.251 e. The number of hydrogen-bond acceptors (Lipinski definition) is 5. The van der Waals surface area contributed by atoms with Gasteiger partial charge in [0.2, 0.25) is 5.91 Å². The van der Waals surface area contributed by atoms with Gasteiger partial charge in [-0.1, -0.05) is 6.92 Å². The summed E-state index contributed by atoms with van der Waals surface area (Å²) < 4.78 is 10.8. The molecule has 2 aliphatic heterocycles. The highest BCUT2D eigenvalue weighted by Crippen LogP contribution is 2.34. The Morgan fingerprint density at radius 1 is 1.29 bits per heavy atom. The van der Waals surface area contributed by atoms with Crippen LogP contribution in [-0.2, 0) is 9.53 Å². The van der Waals surface area contributed by atoms with Gasteiger partial charge in [0.1, 0.15) is 12.4 Å². The van der Waals surface area contributed by atoms with Crippen LogP contribution < -0.4 is 15.0 Å². The van der Waals surface area contributed by atoms with Gasteiger partial charge in [0.05, 0.1) is 24.8 Å². The molecule has 0 unspecified atom stereocenters. The molecule has 0 spiro atoms. The van der Waals surface area contributed by atoms with Crippen LogP contribution in [0.3, 0.4) is 0 Å². The van der Waals surface area contributed by atoms with E-state index in [4.69, 9.17) is 9.47 Å². The van der Waals surface area contributed by atoms with Crippen LogP contribution in [-0.4, -0.2) is 69.8 Å². The first kappa shape index (κ1) is 20.5. The number of amides is 2. The molecule has 2 amide bonds. The Hall–Kier alpha value is -2.28. The molecule has 28 heavy (non-hydrogen) atoms. The van der Waals surface area contributed by atoms with Crippen LogP contribution in [0, 0.1) is 5.92 Å². The lowest BCUT2D eigenvalue weighted by Gasteiger charge is -2.37. The summed E-state index contributed by atoms with van der Waals surface area (Å²) in [7, 11) is 3.56. The van der Waals surface area contributed by atoms with Gasteiger partial charge in [-0.25, -0.2) is 0 Å². The molecule has 0 bridgehead atoms. The minimum absolute atomic E-state index is 0.0360. The molecule has 1 N–H and O–H groups in total. The van der Waals surface area contributed by atoms with E-state index in [1.807, 2.05) is 24.1 Å². The number of nitrogens with zero attached hydrogens (tertiary/aromatic N) is 2. The highest BCUT2D eigenvalue weighted by molar-refractivity contribution is 5.95. The van der Waals surface area contributed by atoms with E-state index in [0.717, 1.165) is 37.4 Å². The lowest BCUT2D eigenvalue weighted by Crippen LogP contribution is -2.46. The molecule has 3 rings (SSSR count). The van der Waals surface area contributed by atoms with Crippen molar-refractivity contribution in [1.29, 1.82) is 0 Å². The highest BCUT2D eigenvalue weighted by atomic mass is 16.5. The number of anilines is 1. The number of rotatable bonds is 6. The average molecular weight is 389 g/mol. The van der Waals surface area contributed by atoms with Crippen LogP contribution in [0.25, 0.3) is 0 Å². The number of likely N-dealkylation sites (tertiary alicyclic amines) is 1. The maximum Gasteiger partial charge on any atom is 0.251 e. The largest absolute Gasteiger partial charge is 0.489 e. The van der Waals surface area contributed by atoms with Crippen LogP contribution >= 0.6 is 0 Å². The van der Waals surface area contributed by atoms with Crippen LogP contribution in [0.5, 0.6) is 5.75 Å². The first-order valence-electron chi connectivity index (χ1n) is 10.0. The number of nitrogens with one attached hydrogen (secondary N) is 1. The van der Waals surface area contributed by atoms with Crippen molar-refractivity contribution in [3.05, 3.63) is 23.8 Å². The Morgan fingerprint density at radius 3 is 2.75 bits per heavy atom. The van der Waals surface area contributed by atoms with Crippen LogP contribution in [0.4, 0.5) is 5.69 Å². The topological polar surface area (TPSA) is 71.1 Å². The molecule has 0 aliphatic carbocycles. The number of methoxy groups -OCH3 is 1. The monoisotopic (exact) mass is 389 g/mol. The normalized spacial score (nSPS) is 19.8. The second-order valence-corrected chi connectivity index (χ2v) is 7.77. The second kappa shape index (κ2) is 9.28. The summed E-state index contributed by atoms with van der Waals surface area (Å²) in [6.07, 6.45) is 2.58. The lowest BCUT2D eigenvalue weighted by atomic mass is 9.98. The van der Waals surface area contributed by atoms with Crippen molar-refractivity contribution < 1.29 is 19.1 Å².